The topological polar surface area (TPSA) is 74.7 Å². The van der Waals surface area contributed by atoms with Crippen LogP contribution in [0.15, 0.2) is 21.7 Å². The Kier molecular flexibility index (Phi) is 3.50. The summed E-state index contributed by atoms with van der Waals surface area (Å²) in [4.78, 5) is 10.5. The van der Waals surface area contributed by atoms with Crippen molar-refractivity contribution in [2.45, 2.75) is 29.5 Å². The molecule has 0 saturated heterocycles. The zero-order chi connectivity index (χ0) is 12.5. The van der Waals surface area contributed by atoms with Gasteiger partial charge >= 0.3 is 5.97 Å². The van der Waals surface area contributed by atoms with E-state index in [0.717, 1.165) is 24.2 Å². The molecule has 0 aliphatic heterocycles. The first-order valence-electron chi connectivity index (χ1n) is 5.29. The van der Waals surface area contributed by atoms with Crippen LogP contribution in [-0.4, -0.2) is 36.4 Å². The smallest absolute Gasteiger partial charge is 0.304 e. The minimum absolute atomic E-state index is 0.0125. The molecule has 1 fully saturated rings. The number of hydrogen-bond donors (Lipinski definition) is 1. The van der Waals surface area contributed by atoms with Gasteiger partial charge in [0.2, 0.25) is 0 Å². The van der Waals surface area contributed by atoms with Crippen LogP contribution in [0, 0.1) is 0 Å². The van der Waals surface area contributed by atoms with Gasteiger partial charge in [0.15, 0.2) is 0 Å². The maximum atomic E-state index is 12.2. The lowest BCUT2D eigenvalue weighted by Gasteiger charge is -2.19. The van der Waals surface area contributed by atoms with Gasteiger partial charge in [-0.1, -0.05) is 6.07 Å². The number of nitrogens with zero attached hydrogens (tertiary/aromatic N) is 1. The molecule has 1 aliphatic carbocycles. The van der Waals surface area contributed by atoms with Gasteiger partial charge in [-0.3, -0.25) is 4.79 Å². The molecule has 5 nitrogen and oxygen atoms in total. The Labute approximate surface area is 104 Å². The number of sulfonamides is 1. The van der Waals surface area contributed by atoms with E-state index >= 15 is 0 Å². The summed E-state index contributed by atoms with van der Waals surface area (Å²) < 4.78 is 26.1. The van der Waals surface area contributed by atoms with Crippen LogP contribution in [0.3, 0.4) is 0 Å². The third-order valence-corrected chi connectivity index (χ3v) is 5.88. The molecular formula is C10H13NO4S2. The first-order chi connectivity index (χ1) is 8.01. The SMILES string of the molecule is O=C(O)CCN(C1CC1)S(=O)(=O)c1cccs1. The largest absolute Gasteiger partial charge is 0.481 e. The highest BCUT2D eigenvalue weighted by Gasteiger charge is 2.38. The summed E-state index contributed by atoms with van der Waals surface area (Å²) in [5.41, 5.74) is 0. The lowest BCUT2D eigenvalue weighted by molar-refractivity contribution is -0.137. The van der Waals surface area contributed by atoms with Gasteiger partial charge in [-0.2, -0.15) is 4.31 Å². The van der Waals surface area contributed by atoms with Gasteiger partial charge in [0.25, 0.3) is 10.0 Å². The number of carbonyl (C=O) groups is 1. The van der Waals surface area contributed by atoms with Crippen molar-refractivity contribution in [3.63, 3.8) is 0 Å². The normalized spacial score (nSPS) is 16.3. The Bertz CT molecular complexity index is 490. The molecule has 0 atom stereocenters. The standard InChI is InChI=1S/C10H13NO4S2/c12-9(13)5-6-11(8-3-4-8)17(14,15)10-2-1-7-16-10/h1-2,7-8H,3-6H2,(H,12,13). The number of hydrogen-bond acceptors (Lipinski definition) is 4. The van der Waals surface area contributed by atoms with Gasteiger partial charge in [-0.05, 0) is 24.3 Å². The lowest BCUT2D eigenvalue weighted by Crippen LogP contribution is -2.34. The Morgan fingerprint density at radius 2 is 2.24 bits per heavy atom. The predicted molar refractivity (Wildman–Crippen MR) is 63.5 cm³/mol. The Balaban J connectivity index is 2.18. The third kappa shape index (κ3) is 2.85. The summed E-state index contributed by atoms with van der Waals surface area (Å²) in [6, 6.07) is 3.22. The Morgan fingerprint density at radius 3 is 2.71 bits per heavy atom. The molecule has 0 spiro atoms. The van der Waals surface area contributed by atoms with Crippen molar-refractivity contribution in [1.82, 2.24) is 4.31 Å². The number of rotatable bonds is 6. The van der Waals surface area contributed by atoms with Gasteiger partial charge in [-0.25, -0.2) is 8.42 Å². The van der Waals surface area contributed by atoms with Crippen molar-refractivity contribution >= 4 is 27.3 Å². The van der Waals surface area contributed by atoms with Crippen LogP contribution in [-0.2, 0) is 14.8 Å². The molecule has 7 heteroatoms. The van der Waals surface area contributed by atoms with E-state index in [4.69, 9.17) is 5.11 Å². The molecule has 1 aromatic heterocycles. The van der Waals surface area contributed by atoms with Gasteiger partial charge in [0, 0.05) is 12.6 Å². The molecular weight excluding hydrogens is 262 g/mol. The van der Waals surface area contributed by atoms with E-state index in [9.17, 15) is 13.2 Å². The van der Waals surface area contributed by atoms with E-state index in [0.29, 0.717) is 0 Å². The number of aliphatic carboxylic acids is 1. The van der Waals surface area contributed by atoms with Crippen LogP contribution in [0.5, 0.6) is 0 Å². The van der Waals surface area contributed by atoms with Crippen molar-refractivity contribution < 1.29 is 18.3 Å². The Morgan fingerprint density at radius 1 is 1.53 bits per heavy atom. The van der Waals surface area contributed by atoms with Crippen molar-refractivity contribution in [3.8, 4) is 0 Å². The molecule has 1 heterocycles. The zero-order valence-corrected chi connectivity index (χ0v) is 10.7. The number of thiophene rings is 1. The fourth-order valence-corrected chi connectivity index (χ4v) is 4.40. The van der Waals surface area contributed by atoms with E-state index in [1.54, 1.807) is 17.5 Å². The second-order valence-electron chi connectivity index (χ2n) is 3.92. The van der Waals surface area contributed by atoms with Gasteiger partial charge in [-0.15, -0.1) is 11.3 Å². The summed E-state index contributed by atoms with van der Waals surface area (Å²) in [5, 5.41) is 10.3. The zero-order valence-electron chi connectivity index (χ0n) is 9.07. The van der Waals surface area contributed by atoms with Gasteiger partial charge < -0.3 is 5.11 Å². The molecule has 1 N–H and O–H groups in total. The monoisotopic (exact) mass is 275 g/mol. The van der Waals surface area contributed by atoms with Crippen LogP contribution in [0.1, 0.15) is 19.3 Å². The fraction of sp³-hybridized carbons (Fsp3) is 0.500. The van der Waals surface area contributed by atoms with Crippen molar-refractivity contribution in [3.05, 3.63) is 17.5 Å². The first-order valence-corrected chi connectivity index (χ1v) is 7.61. The van der Waals surface area contributed by atoms with Gasteiger partial charge in [0.05, 0.1) is 6.42 Å². The summed E-state index contributed by atoms with van der Waals surface area (Å²) in [6.07, 6.45) is 1.50. The van der Waals surface area contributed by atoms with E-state index < -0.39 is 16.0 Å². The van der Waals surface area contributed by atoms with Crippen LogP contribution < -0.4 is 0 Å². The molecule has 17 heavy (non-hydrogen) atoms. The van der Waals surface area contributed by atoms with E-state index in [1.165, 1.54) is 4.31 Å². The van der Waals surface area contributed by atoms with E-state index in [-0.39, 0.29) is 23.2 Å². The molecule has 0 aromatic carbocycles. The second kappa shape index (κ2) is 4.75. The maximum Gasteiger partial charge on any atom is 0.304 e. The quantitative estimate of drug-likeness (QED) is 0.851. The first kappa shape index (κ1) is 12.5. The molecule has 0 amide bonds. The highest BCUT2D eigenvalue weighted by molar-refractivity contribution is 7.91. The minimum atomic E-state index is -3.50. The molecule has 0 bridgehead atoms. The summed E-state index contributed by atoms with van der Waals surface area (Å²) in [7, 11) is -3.50. The maximum absolute atomic E-state index is 12.2. The predicted octanol–water partition coefficient (Wildman–Crippen LogP) is 1.38. The molecule has 0 radical (unpaired) electrons. The van der Waals surface area contributed by atoms with E-state index in [1.807, 2.05) is 0 Å². The number of carboxylic acids is 1. The van der Waals surface area contributed by atoms with Crippen molar-refractivity contribution in [2.24, 2.45) is 0 Å². The molecule has 1 saturated carbocycles. The average molecular weight is 275 g/mol. The fourth-order valence-electron chi connectivity index (χ4n) is 1.59. The van der Waals surface area contributed by atoms with Crippen molar-refractivity contribution in [1.29, 1.82) is 0 Å². The van der Waals surface area contributed by atoms with Crippen LogP contribution in [0.25, 0.3) is 0 Å². The molecule has 1 aromatic rings. The Hall–Kier alpha value is -0.920. The molecule has 2 rings (SSSR count). The van der Waals surface area contributed by atoms with Crippen molar-refractivity contribution in [2.75, 3.05) is 6.54 Å². The highest BCUT2D eigenvalue weighted by atomic mass is 32.2. The summed E-state index contributed by atoms with van der Waals surface area (Å²) in [5.74, 6) is -0.975. The molecule has 0 unspecified atom stereocenters. The molecule has 1 aliphatic rings. The van der Waals surface area contributed by atoms with E-state index in [2.05, 4.69) is 0 Å². The summed E-state index contributed by atoms with van der Waals surface area (Å²) in [6.45, 7) is 0.0558. The third-order valence-electron chi connectivity index (χ3n) is 2.56. The van der Waals surface area contributed by atoms with Crippen LogP contribution in [0.4, 0.5) is 0 Å². The minimum Gasteiger partial charge on any atom is -0.481 e. The number of carboxylic acid groups (broad SMARTS) is 1. The second-order valence-corrected chi connectivity index (χ2v) is 6.99. The van der Waals surface area contributed by atoms with Crippen LogP contribution in [0.2, 0.25) is 0 Å². The summed E-state index contributed by atoms with van der Waals surface area (Å²) >= 11 is 1.16. The van der Waals surface area contributed by atoms with Crippen LogP contribution >= 0.6 is 11.3 Å². The van der Waals surface area contributed by atoms with Gasteiger partial charge in [0.1, 0.15) is 4.21 Å². The average Bonchev–Trinajstić information content (AvgIpc) is 2.92. The molecule has 94 valence electrons. The lowest BCUT2D eigenvalue weighted by atomic mass is 10.4. The highest BCUT2D eigenvalue weighted by Crippen LogP contribution is 2.33.